The molecule has 2 fully saturated rings. The fourth-order valence-corrected chi connectivity index (χ4v) is 10.4. The van der Waals surface area contributed by atoms with Gasteiger partial charge in [-0.3, -0.25) is 9.59 Å². The molecule has 66 heavy (non-hydrogen) atoms. The van der Waals surface area contributed by atoms with Crippen LogP contribution in [0.5, 0.6) is 11.5 Å². The van der Waals surface area contributed by atoms with Crippen LogP contribution in [-0.2, 0) is 31.0 Å². The molecular weight excluding hydrogens is 876 g/mol. The smallest absolute Gasteiger partial charge is 0.338 e. The lowest BCUT2D eigenvalue weighted by molar-refractivity contribution is 0.0297. The Morgan fingerprint density at radius 3 is 1.76 bits per heavy atom. The van der Waals surface area contributed by atoms with Crippen molar-refractivity contribution in [1.82, 2.24) is 9.80 Å². The van der Waals surface area contributed by atoms with Crippen LogP contribution in [-0.4, -0.2) is 56.8 Å². The van der Waals surface area contributed by atoms with E-state index in [0.717, 1.165) is 63.1 Å². The first-order valence-electron chi connectivity index (χ1n) is 22.4. The van der Waals surface area contributed by atoms with E-state index in [1.54, 1.807) is 36.4 Å². The number of aromatic carboxylic acids is 1. The predicted molar refractivity (Wildman–Crippen MR) is 251 cm³/mol. The standard InChI is InChI=1S/C54H46Cl2N2O8/c55-49-20-12-36(53(61)62)25-48(49)35-8-4-6-33(22-35)31-65-43-16-19-47-39(24-43)29-58(52(47)60)41-13-14-44(27-41)66-54(63)37-11-17-45(50(56)26-37)34-7-3-5-32(21-34)30-64-42-15-18-46-38(23-42)28-57(51(46)59)40-9-1-2-10-40/h3-8,11-12,15-26,40-41,44H,1-2,9-10,13-14,27-31H2,(H,61,62). The highest BCUT2D eigenvalue weighted by Crippen LogP contribution is 2.38. The summed E-state index contributed by atoms with van der Waals surface area (Å²) < 4.78 is 18.3. The minimum atomic E-state index is -1.03. The van der Waals surface area contributed by atoms with E-state index in [-0.39, 0.29) is 36.1 Å². The maximum absolute atomic E-state index is 13.6. The molecular formula is C54H46Cl2N2O8. The Labute approximate surface area is 392 Å². The molecule has 6 aromatic rings. The average molecular weight is 922 g/mol. The van der Waals surface area contributed by atoms with Gasteiger partial charge >= 0.3 is 11.9 Å². The Morgan fingerprint density at radius 1 is 0.576 bits per heavy atom. The lowest BCUT2D eigenvalue weighted by Crippen LogP contribution is -2.34. The van der Waals surface area contributed by atoms with Crippen molar-refractivity contribution in [3.8, 4) is 33.8 Å². The molecule has 0 bridgehead atoms. The van der Waals surface area contributed by atoms with E-state index in [2.05, 4.69) is 0 Å². The Bertz CT molecular complexity index is 2910. The summed E-state index contributed by atoms with van der Waals surface area (Å²) in [5.41, 5.74) is 8.69. The molecule has 4 aliphatic rings. The summed E-state index contributed by atoms with van der Waals surface area (Å²) in [6, 6.07) is 36.8. The highest BCUT2D eigenvalue weighted by atomic mass is 35.5. The molecule has 2 atom stereocenters. The fourth-order valence-electron chi connectivity index (χ4n) is 9.90. The number of esters is 1. The predicted octanol–water partition coefficient (Wildman–Crippen LogP) is 11.8. The van der Waals surface area contributed by atoms with E-state index in [1.807, 2.05) is 88.7 Å². The number of carboxylic acid groups (broad SMARTS) is 1. The van der Waals surface area contributed by atoms with Crippen molar-refractivity contribution in [3.63, 3.8) is 0 Å². The summed E-state index contributed by atoms with van der Waals surface area (Å²) in [7, 11) is 0. The summed E-state index contributed by atoms with van der Waals surface area (Å²) >= 11 is 13.2. The van der Waals surface area contributed by atoms with Crippen molar-refractivity contribution in [2.75, 3.05) is 0 Å². The zero-order chi connectivity index (χ0) is 45.5. The zero-order valence-electron chi connectivity index (χ0n) is 36.0. The number of nitrogens with zero attached hydrogens (tertiary/aromatic N) is 2. The molecule has 2 heterocycles. The van der Waals surface area contributed by atoms with Crippen LogP contribution in [0.2, 0.25) is 10.0 Å². The van der Waals surface area contributed by atoms with Gasteiger partial charge in [0.1, 0.15) is 30.8 Å². The average Bonchev–Trinajstić information content (AvgIpc) is 4.15. The highest BCUT2D eigenvalue weighted by Gasteiger charge is 2.39. The molecule has 6 aromatic carbocycles. The summed E-state index contributed by atoms with van der Waals surface area (Å²) in [5, 5.41) is 10.3. The number of carbonyl (C=O) groups excluding carboxylic acids is 3. The van der Waals surface area contributed by atoms with E-state index in [1.165, 1.54) is 18.9 Å². The second kappa shape index (κ2) is 18.3. The van der Waals surface area contributed by atoms with Gasteiger partial charge in [0, 0.05) is 63.9 Å². The van der Waals surface area contributed by atoms with Crippen LogP contribution in [0, 0.1) is 0 Å². The van der Waals surface area contributed by atoms with Crippen molar-refractivity contribution in [2.45, 2.75) is 89.4 Å². The van der Waals surface area contributed by atoms with Gasteiger partial charge in [-0.15, -0.1) is 0 Å². The lowest BCUT2D eigenvalue weighted by Gasteiger charge is -2.23. The molecule has 12 heteroatoms. The molecule has 0 spiro atoms. The van der Waals surface area contributed by atoms with E-state index in [4.69, 9.17) is 37.4 Å². The minimum Gasteiger partial charge on any atom is -0.489 e. The monoisotopic (exact) mass is 920 g/mol. The van der Waals surface area contributed by atoms with Gasteiger partial charge in [-0.05, 0) is 138 Å². The molecule has 2 saturated carbocycles. The number of carbonyl (C=O) groups is 4. The van der Waals surface area contributed by atoms with Crippen molar-refractivity contribution >= 4 is 47.0 Å². The van der Waals surface area contributed by atoms with Gasteiger partial charge in [-0.2, -0.15) is 0 Å². The maximum atomic E-state index is 13.6. The lowest BCUT2D eigenvalue weighted by atomic mass is 10.0. The molecule has 0 saturated heterocycles. The summed E-state index contributed by atoms with van der Waals surface area (Å²) in [5.74, 6) is -0.0623. The van der Waals surface area contributed by atoms with Crippen LogP contribution >= 0.6 is 23.2 Å². The molecule has 1 N–H and O–H groups in total. The Hall–Kier alpha value is -6.62. The number of ether oxygens (including phenoxy) is 3. The van der Waals surface area contributed by atoms with Crippen molar-refractivity contribution in [2.24, 2.45) is 0 Å². The Balaban J connectivity index is 0.719. The van der Waals surface area contributed by atoms with E-state index in [9.17, 15) is 24.3 Å². The molecule has 334 valence electrons. The number of hydrogen-bond acceptors (Lipinski definition) is 7. The number of halogens is 2. The highest BCUT2D eigenvalue weighted by molar-refractivity contribution is 6.34. The topological polar surface area (TPSA) is 123 Å². The normalized spacial score (nSPS) is 17.8. The van der Waals surface area contributed by atoms with Gasteiger partial charge in [-0.25, -0.2) is 9.59 Å². The maximum Gasteiger partial charge on any atom is 0.338 e. The molecule has 2 unspecified atom stereocenters. The first-order valence-corrected chi connectivity index (χ1v) is 23.2. The summed E-state index contributed by atoms with van der Waals surface area (Å²) in [6.45, 7) is 1.67. The van der Waals surface area contributed by atoms with Gasteiger partial charge in [0.05, 0.1) is 11.1 Å². The van der Waals surface area contributed by atoms with E-state index < -0.39 is 11.9 Å². The van der Waals surface area contributed by atoms with Crippen LogP contribution in [0.1, 0.15) is 109 Å². The first-order chi connectivity index (χ1) is 32.0. The number of rotatable bonds is 13. The Kier molecular flexibility index (Phi) is 12.0. The van der Waals surface area contributed by atoms with Crippen LogP contribution in [0.3, 0.4) is 0 Å². The third kappa shape index (κ3) is 8.87. The minimum absolute atomic E-state index is 0.0496. The SMILES string of the molecule is O=C(O)c1ccc(Cl)c(-c2cccc(COc3ccc4c(c3)CN(C3CCC(OC(=O)c5ccc(-c6cccc(COc7ccc8c(c7)CN(C7CCCC7)C8=O)c6)c(Cl)c5)C3)C4=O)c2)c1. The number of hydrogen-bond donors (Lipinski definition) is 1. The van der Waals surface area contributed by atoms with Crippen LogP contribution in [0.25, 0.3) is 22.3 Å². The third-order valence-electron chi connectivity index (χ3n) is 13.4. The molecule has 2 aliphatic heterocycles. The quantitative estimate of drug-likeness (QED) is 0.114. The summed E-state index contributed by atoms with van der Waals surface area (Å²) in [6.07, 6.45) is 6.05. The second-order valence-electron chi connectivity index (χ2n) is 17.6. The van der Waals surface area contributed by atoms with Gasteiger partial charge < -0.3 is 29.1 Å². The molecule has 0 aromatic heterocycles. The van der Waals surface area contributed by atoms with Crippen molar-refractivity contribution in [3.05, 3.63) is 176 Å². The van der Waals surface area contributed by atoms with Gasteiger partial charge in [-0.1, -0.05) is 78.5 Å². The van der Waals surface area contributed by atoms with Crippen LogP contribution < -0.4 is 9.47 Å². The number of carboxylic acids is 1. The van der Waals surface area contributed by atoms with Crippen LogP contribution in [0.15, 0.2) is 121 Å². The summed E-state index contributed by atoms with van der Waals surface area (Å²) in [4.78, 5) is 55.5. The fraction of sp³-hybridized carbons (Fsp3) is 0.259. The Morgan fingerprint density at radius 2 is 1.15 bits per heavy atom. The third-order valence-corrected chi connectivity index (χ3v) is 14.0. The van der Waals surface area contributed by atoms with E-state index >= 15 is 0 Å². The number of fused-ring (bicyclic) bond motifs is 2. The van der Waals surface area contributed by atoms with Crippen molar-refractivity contribution in [1.29, 1.82) is 0 Å². The number of amides is 2. The molecule has 10 rings (SSSR count). The van der Waals surface area contributed by atoms with Crippen molar-refractivity contribution < 1.29 is 38.5 Å². The van der Waals surface area contributed by atoms with Gasteiger partial charge in [0.25, 0.3) is 11.8 Å². The molecule has 2 aliphatic carbocycles. The van der Waals surface area contributed by atoms with Gasteiger partial charge in [0.2, 0.25) is 0 Å². The molecule has 0 radical (unpaired) electrons. The van der Waals surface area contributed by atoms with Gasteiger partial charge in [0.15, 0.2) is 0 Å². The zero-order valence-corrected chi connectivity index (χ0v) is 37.5. The second-order valence-corrected chi connectivity index (χ2v) is 18.4. The first kappa shape index (κ1) is 43.3. The molecule has 10 nitrogen and oxygen atoms in total. The van der Waals surface area contributed by atoms with E-state index in [0.29, 0.717) is 77.5 Å². The molecule has 2 amide bonds. The van der Waals surface area contributed by atoms with Crippen LogP contribution in [0.4, 0.5) is 0 Å². The largest absolute Gasteiger partial charge is 0.489 e. The number of benzene rings is 6.